The van der Waals surface area contributed by atoms with Crippen molar-refractivity contribution >= 4 is 11.3 Å². The predicted molar refractivity (Wildman–Crippen MR) is 68.6 cm³/mol. The molecule has 0 aliphatic rings. The molecule has 1 aromatic carbocycles. The monoisotopic (exact) mass is 268 g/mol. The Morgan fingerprint density at radius 2 is 2.00 bits per heavy atom. The average molecular weight is 268 g/mol. The Morgan fingerprint density at radius 1 is 1.28 bits per heavy atom. The fraction of sp³-hybridized carbons (Fsp3) is 0.308. The Morgan fingerprint density at radius 3 is 2.56 bits per heavy atom. The van der Waals surface area contributed by atoms with E-state index in [0.29, 0.717) is 12.0 Å². The first-order valence-corrected chi connectivity index (χ1v) is 6.63. The lowest BCUT2D eigenvalue weighted by Crippen LogP contribution is -2.23. The number of aromatic nitrogens is 1. The van der Waals surface area contributed by atoms with Gasteiger partial charge in [-0.2, -0.15) is 0 Å². The third-order valence-corrected chi connectivity index (χ3v) is 3.43. The van der Waals surface area contributed by atoms with Gasteiger partial charge >= 0.3 is 0 Å². The summed E-state index contributed by atoms with van der Waals surface area (Å²) in [5.41, 5.74) is 2.38. The SMILES string of the molecule is CCNC(Cc1cncs1)c1cc(F)cc(F)c1. The zero-order chi connectivity index (χ0) is 13.0. The highest BCUT2D eigenvalue weighted by molar-refractivity contribution is 7.09. The van der Waals surface area contributed by atoms with Crippen LogP contribution in [0.2, 0.25) is 0 Å². The van der Waals surface area contributed by atoms with Crippen molar-refractivity contribution in [3.63, 3.8) is 0 Å². The van der Waals surface area contributed by atoms with Gasteiger partial charge in [-0.1, -0.05) is 6.92 Å². The number of nitrogens with zero attached hydrogens (tertiary/aromatic N) is 1. The minimum Gasteiger partial charge on any atom is -0.310 e. The minimum atomic E-state index is -0.544. The number of halogens is 2. The van der Waals surface area contributed by atoms with E-state index in [1.165, 1.54) is 12.1 Å². The van der Waals surface area contributed by atoms with Gasteiger partial charge in [-0.15, -0.1) is 11.3 Å². The number of rotatable bonds is 5. The van der Waals surface area contributed by atoms with Crippen LogP contribution in [0, 0.1) is 11.6 Å². The van der Waals surface area contributed by atoms with E-state index in [0.717, 1.165) is 17.5 Å². The first-order chi connectivity index (χ1) is 8.69. The molecule has 0 aliphatic heterocycles. The van der Waals surface area contributed by atoms with Crippen LogP contribution in [0.25, 0.3) is 0 Å². The van der Waals surface area contributed by atoms with E-state index in [4.69, 9.17) is 0 Å². The molecule has 0 spiro atoms. The summed E-state index contributed by atoms with van der Waals surface area (Å²) in [6.07, 6.45) is 2.46. The van der Waals surface area contributed by atoms with Gasteiger partial charge in [0.2, 0.25) is 0 Å². The summed E-state index contributed by atoms with van der Waals surface area (Å²) in [6, 6.07) is 3.54. The molecule has 0 amide bonds. The number of hydrogen-bond donors (Lipinski definition) is 1. The predicted octanol–water partition coefficient (Wildman–Crippen LogP) is 3.31. The third-order valence-electron chi connectivity index (χ3n) is 2.63. The van der Waals surface area contributed by atoms with Gasteiger partial charge in [0.15, 0.2) is 0 Å². The summed E-state index contributed by atoms with van der Waals surface area (Å²) in [5, 5.41) is 3.24. The van der Waals surface area contributed by atoms with E-state index in [-0.39, 0.29) is 6.04 Å². The molecule has 1 heterocycles. The largest absolute Gasteiger partial charge is 0.310 e. The van der Waals surface area contributed by atoms with Crippen LogP contribution in [-0.2, 0) is 6.42 Å². The standard InChI is InChI=1S/C13H14F2N2S/c1-2-17-13(6-12-7-16-8-18-12)9-3-10(14)5-11(15)4-9/h3-5,7-8,13,17H,2,6H2,1H3. The maximum atomic E-state index is 13.2. The molecule has 1 unspecified atom stereocenters. The number of benzene rings is 1. The van der Waals surface area contributed by atoms with Gasteiger partial charge in [-0.05, 0) is 24.2 Å². The highest BCUT2D eigenvalue weighted by atomic mass is 32.1. The number of nitrogens with one attached hydrogen (secondary N) is 1. The van der Waals surface area contributed by atoms with Crippen molar-refractivity contribution in [2.45, 2.75) is 19.4 Å². The summed E-state index contributed by atoms with van der Waals surface area (Å²) in [5.74, 6) is -1.09. The second-order valence-electron chi connectivity index (χ2n) is 3.98. The van der Waals surface area contributed by atoms with E-state index in [1.54, 1.807) is 23.0 Å². The molecular formula is C13H14F2N2S. The molecular weight excluding hydrogens is 254 g/mol. The number of likely N-dealkylation sites (N-methyl/N-ethyl adjacent to an activating group) is 1. The molecule has 0 radical (unpaired) electrons. The molecule has 1 aromatic heterocycles. The molecule has 0 bridgehead atoms. The quantitative estimate of drug-likeness (QED) is 0.900. The molecule has 0 aliphatic carbocycles. The molecule has 0 saturated carbocycles. The molecule has 96 valence electrons. The fourth-order valence-electron chi connectivity index (χ4n) is 1.87. The molecule has 2 aromatic rings. The summed E-state index contributed by atoms with van der Waals surface area (Å²) >= 11 is 1.54. The highest BCUT2D eigenvalue weighted by Crippen LogP contribution is 2.22. The highest BCUT2D eigenvalue weighted by Gasteiger charge is 2.14. The Hall–Kier alpha value is -1.33. The van der Waals surface area contributed by atoms with Crippen LogP contribution in [-0.4, -0.2) is 11.5 Å². The van der Waals surface area contributed by atoms with Gasteiger partial charge < -0.3 is 5.32 Å². The fourth-order valence-corrected chi connectivity index (χ4v) is 2.52. The van der Waals surface area contributed by atoms with Gasteiger partial charge in [0.1, 0.15) is 11.6 Å². The average Bonchev–Trinajstić information content (AvgIpc) is 2.80. The van der Waals surface area contributed by atoms with Crippen LogP contribution < -0.4 is 5.32 Å². The lowest BCUT2D eigenvalue weighted by atomic mass is 10.0. The van der Waals surface area contributed by atoms with Gasteiger partial charge in [-0.25, -0.2) is 8.78 Å². The molecule has 2 nitrogen and oxygen atoms in total. The van der Waals surface area contributed by atoms with E-state index in [2.05, 4.69) is 10.3 Å². The maximum absolute atomic E-state index is 13.2. The molecule has 5 heteroatoms. The Labute approximate surface area is 109 Å². The van der Waals surface area contributed by atoms with Crippen LogP contribution >= 0.6 is 11.3 Å². The van der Waals surface area contributed by atoms with Crippen molar-refractivity contribution in [1.29, 1.82) is 0 Å². The van der Waals surface area contributed by atoms with E-state index in [1.807, 2.05) is 6.92 Å². The molecule has 2 rings (SSSR count). The summed E-state index contributed by atoms with van der Waals surface area (Å²) in [4.78, 5) is 5.10. The molecule has 1 N–H and O–H groups in total. The number of hydrogen-bond acceptors (Lipinski definition) is 3. The Bertz CT molecular complexity index is 479. The van der Waals surface area contributed by atoms with Crippen LogP contribution in [0.5, 0.6) is 0 Å². The lowest BCUT2D eigenvalue weighted by Gasteiger charge is -2.17. The van der Waals surface area contributed by atoms with Gasteiger partial charge in [0.25, 0.3) is 0 Å². The van der Waals surface area contributed by atoms with Gasteiger partial charge in [0.05, 0.1) is 5.51 Å². The van der Waals surface area contributed by atoms with Crippen molar-refractivity contribution in [2.24, 2.45) is 0 Å². The zero-order valence-corrected chi connectivity index (χ0v) is 10.8. The summed E-state index contributed by atoms with van der Waals surface area (Å²) in [7, 11) is 0. The second kappa shape index (κ2) is 6.02. The molecule has 0 fully saturated rings. The van der Waals surface area contributed by atoms with E-state index < -0.39 is 11.6 Å². The van der Waals surface area contributed by atoms with Crippen LogP contribution in [0.4, 0.5) is 8.78 Å². The van der Waals surface area contributed by atoms with Crippen molar-refractivity contribution in [3.05, 3.63) is 52.0 Å². The first kappa shape index (κ1) is 13.1. The van der Waals surface area contributed by atoms with Crippen LogP contribution in [0.15, 0.2) is 29.9 Å². The zero-order valence-electron chi connectivity index (χ0n) is 9.99. The van der Waals surface area contributed by atoms with Crippen molar-refractivity contribution < 1.29 is 8.78 Å². The summed E-state index contributed by atoms with van der Waals surface area (Å²) in [6.45, 7) is 2.71. The molecule has 1 atom stereocenters. The summed E-state index contributed by atoms with van der Waals surface area (Å²) < 4.78 is 26.5. The molecule has 18 heavy (non-hydrogen) atoms. The molecule has 0 saturated heterocycles. The maximum Gasteiger partial charge on any atom is 0.126 e. The topological polar surface area (TPSA) is 24.9 Å². The van der Waals surface area contributed by atoms with Gasteiger partial charge in [0, 0.05) is 29.6 Å². The van der Waals surface area contributed by atoms with Crippen LogP contribution in [0.3, 0.4) is 0 Å². The van der Waals surface area contributed by atoms with Crippen LogP contribution in [0.1, 0.15) is 23.4 Å². The Kier molecular flexibility index (Phi) is 4.38. The number of thiazole rings is 1. The van der Waals surface area contributed by atoms with Crippen molar-refractivity contribution in [3.8, 4) is 0 Å². The minimum absolute atomic E-state index is 0.0966. The third kappa shape index (κ3) is 3.34. The van der Waals surface area contributed by atoms with Crippen molar-refractivity contribution in [2.75, 3.05) is 6.54 Å². The van der Waals surface area contributed by atoms with E-state index >= 15 is 0 Å². The van der Waals surface area contributed by atoms with E-state index in [9.17, 15) is 8.78 Å². The first-order valence-electron chi connectivity index (χ1n) is 5.75. The van der Waals surface area contributed by atoms with Gasteiger partial charge in [-0.3, -0.25) is 4.98 Å². The Balaban J connectivity index is 2.23. The normalized spacial score (nSPS) is 12.6. The smallest absolute Gasteiger partial charge is 0.126 e. The second-order valence-corrected chi connectivity index (χ2v) is 4.96. The lowest BCUT2D eigenvalue weighted by molar-refractivity contribution is 0.531. The van der Waals surface area contributed by atoms with Crippen molar-refractivity contribution in [1.82, 2.24) is 10.3 Å².